The minimum atomic E-state index is -0.231. The van der Waals surface area contributed by atoms with E-state index < -0.39 is 0 Å². The van der Waals surface area contributed by atoms with Gasteiger partial charge in [-0.25, -0.2) is 0 Å². The molecule has 0 bridgehead atoms. The van der Waals surface area contributed by atoms with Gasteiger partial charge in [0.25, 0.3) is 0 Å². The topological polar surface area (TPSA) is 73.1 Å². The maximum Gasteiger partial charge on any atom is 0.224 e. The van der Waals surface area contributed by atoms with Crippen molar-refractivity contribution in [3.05, 3.63) is 35.4 Å². The van der Waals surface area contributed by atoms with Gasteiger partial charge in [-0.05, 0) is 24.6 Å². The number of nitrogens with one attached hydrogen (secondary N) is 1. The normalized spacial score (nSPS) is 11.6. The Morgan fingerprint density at radius 3 is 2.62 bits per heavy atom. The van der Waals surface area contributed by atoms with E-state index in [0.29, 0.717) is 5.56 Å². The summed E-state index contributed by atoms with van der Waals surface area (Å²) in [5.41, 5.74) is 1.43. The van der Waals surface area contributed by atoms with Crippen molar-refractivity contribution in [1.29, 1.82) is 5.26 Å². The molecule has 0 aromatic heterocycles. The highest BCUT2D eigenvalue weighted by molar-refractivity contribution is 5.78. The molecule has 84 valence electrons. The van der Waals surface area contributed by atoms with E-state index in [1.807, 2.05) is 6.07 Å². The zero-order valence-electron chi connectivity index (χ0n) is 9.10. The third-order valence-electron chi connectivity index (χ3n) is 2.13. The highest BCUT2D eigenvalue weighted by Gasteiger charge is 2.06. The van der Waals surface area contributed by atoms with Crippen LogP contribution in [0.25, 0.3) is 0 Å². The summed E-state index contributed by atoms with van der Waals surface area (Å²) in [5.74, 6) is -0.133. The lowest BCUT2D eigenvalue weighted by molar-refractivity contribution is -0.121. The number of aliphatic hydroxyl groups is 1. The Balaban J connectivity index is 2.53. The van der Waals surface area contributed by atoms with Crippen LogP contribution in [-0.2, 0) is 11.2 Å². The van der Waals surface area contributed by atoms with E-state index in [2.05, 4.69) is 5.32 Å². The van der Waals surface area contributed by atoms with Crippen LogP contribution in [0.5, 0.6) is 0 Å². The molecule has 0 fully saturated rings. The molecule has 2 N–H and O–H groups in total. The molecule has 1 amide bonds. The second-order valence-electron chi connectivity index (χ2n) is 3.64. The first-order valence-electron chi connectivity index (χ1n) is 5.05. The molecular weight excluding hydrogens is 204 g/mol. The molecule has 1 aromatic rings. The number of benzene rings is 1. The van der Waals surface area contributed by atoms with Crippen LogP contribution in [0.2, 0.25) is 0 Å². The molecule has 0 heterocycles. The number of rotatable bonds is 4. The molecule has 16 heavy (non-hydrogen) atoms. The number of aliphatic hydroxyl groups excluding tert-OH is 1. The van der Waals surface area contributed by atoms with Crippen LogP contribution in [0.15, 0.2) is 24.3 Å². The SMILES string of the molecule is C[C@H](CO)NC(=O)Cc1ccc(C#N)cc1. The first kappa shape index (κ1) is 12.2. The Labute approximate surface area is 94.5 Å². The number of nitrogens with zero attached hydrogens (tertiary/aromatic N) is 1. The van der Waals surface area contributed by atoms with Crippen molar-refractivity contribution in [3.8, 4) is 6.07 Å². The summed E-state index contributed by atoms with van der Waals surface area (Å²) in [6, 6.07) is 8.65. The van der Waals surface area contributed by atoms with E-state index in [0.717, 1.165) is 5.56 Å². The van der Waals surface area contributed by atoms with Gasteiger partial charge in [0, 0.05) is 6.04 Å². The van der Waals surface area contributed by atoms with Crippen molar-refractivity contribution in [2.75, 3.05) is 6.61 Å². The van der Waals surface area contributed by atoms with Gasteiger partial charge in [-0.2, -0.15) is 5.26 Å². The molecule has 1 atom stereocenters. The van der Waals surface area contributed by atoms with Gasteiger partial charge in [-0.1, -0.05) is 12.1 Å². The zero-order valence-corrected chi connectivity index (χ0v) is 9.10. The Morgan fingerprint density at radius 2 is 2.12 bits per heavy atom. The van der Waals surface area contributed by atoms with Crippen molar-refractivity contribution < 1.29 is 9.90 Å². The van der Waals surface area contributed by atoms with Crippen molar-refractivity contribution >= 4 is 5.91 Å². The number of amides is 1. The molecule has 0 aliphatic carbocycles. The van der Waals surface area contributed by atoms with E-state index in [1.165, 1.54) is 0 Å². The average Bonchev–Trinajstić information content (AvgIpc) is 2.29. The standard InChI is InChI=1S/C12H14N2O2/c1-9(8-15)14-12(16)6-10-2-4-11(7-13)5-3-10/h2-5,9,15H,6,8H2,1H3,(H,14,16)/t9-/m1/s1. The first-order chi connectivity index (χ1) is 7.65. The Hall–Kier alpha value is -1.86. The van der Waals surface area contributed by atoms with Crippen LogP contribution in [0, 0.1) is 11.3 Å². The zero-order chi connectivity index (χ0) is 12.0. The van der Waals surface area contributed by atoms with Crippen LogP contribution >= 0.6 is 0 Å². The maximum absolute atomic E-state index is 11.4. The number of carbonyl (C=O) groups excluding carboxylic acids is 1. The van der Waals surface area contributed by atoms with Gasteiger partial charge in [0.15, 0.2) is 0 Å². The molecular formula is C12H14N2O2. The molecule has 0 saturated heterocycles. The number of carbonyl (C=O) groups is 1. The summed E-state index contributed by atoms with van der Waals surface area (Å²) in [6.07, 6.45) is 0.260. The van der Waals surface area contributed by atoms with E-state index in [4.69, 9.17) is 10.4 Å². The van der Waals surface area contributed by atoms with Crippen LogP contribution in [-0.4, -0.2) is 23.7 Å². The Kier molecular flexibility index (Phi) is 4.49. The minimum absolute atomic E-state index is 0.0703. The summed E-state index contributed by atoms with van der Waals surface area (Å²) >= 11 is 0. The minimum Gasteiger partial charge on any atom is -0.394 e. The fourth-order valence-corrected chi connectivity index (χ4v) is 1.25. The van der Waals surface area contributed by atoms with Crippen molar-refractivity contribution in [3.63, 3.8) is 0 Å². The predicted molar refractivity (Wildman–Crippen MR) is 59.6 cm³/mol. The van der Waals surface area contributed by atoms with Gasteiger partial charge in [0.2, 0.25) is 5.91 Å². The van der Waals surface area contributed by atoms with Crippen molar-refractivity contribution in [1.82, 2.24) is 5.32 Å². The van der Waals surface area contributed by atoms with Crippen LogP contribution in [0.1, 0.15) is 18.1 Å². The quantitative estimate of drug-likeness (QED) is 0.777. The molecule has 0 aliphatic heterocycles. The van der Waals surface area contributed by atoms with Crippen LogP contribution < -0.4 is 5.32 Å². The number of hydrogen-bond donors (Lipinski definition) is 2. The van der Waals surface area contributed by atoms with Gasteiger partial charge in [0.1, 0.15) is 0 Å². The monoisotopic (exact) mass is 218 g/mol. The van der Waals surface area contributed by atoms with Gasteiger partial charge in [-0.15, -0.1) is 0 Å². The average molecular weight is 218 g/mol. The lowest BCUT2D eigenvalue weighted by atomic mass is 10.1. The lowest BCUT2D eigenvalue weighted by Gasteiger charge is -2.10. The molecule has 1 aromatic carbocycles. The summed E-state index contributed by atoms with van der Waals surface area (Å²) in [4.78, 5) is 11.4. The summed E-state index contributed by atoms with van der Waals surface area (Å²) in [7, 11) is 0. The molecule has 0 spiro atoms. The Morgan fingerprint density at radius 1 is 1.50 bits per heavy atom. The molecule has 0 radical (unpaired) electrons. The largest absolute Gasteiger partial charge is 0.394 e. The number of nitriles is 1. The van der Waals surface area contributed by atoms with Gasteiger partial charge < -0.3 is 10.4 Å². The third-order valence-corrected chi connectivity index (χ3v) is 2.13. The van der Waals surface area contributed by atoms with Crippen LogP contribution in [0.4, 0.5) is 0 Å². The highest BCUT2D eigenvalue weighted by Crippen LogP contribution is 2.04. The summed E-state index contributed by atoms with van der Waals surface area (Å²) in [6.45, 7) is 1.66. The predicted octanol–water partition coefficient (Wildman–Crippen LogP) is 0.598. The van der Waals surface area contributed by atoms with E-state index in [-0.39, 0.29) is 25.0 Å². The second kappa shape index (κ2) is 5.89. The molecule has 0 saturated carbocycles. The smallest absolute Gasteiger partial charge is 0.224 e. The van der Waals surface area contributed by atoms with Crippen molar-refractivity contribution in [2.24, 2.45) is 0 Å². The Bertz CT molecular complexity index is 392. The van der Waals surface area contributed by atoms with Crippen LogP contribution in [0.3, 0.4) is 0 Å². The van der Waals surface area contributed by atoms with E-state index >= 15 is 0 Å². The maximum atomic E-state index is 11.4. The molecule has 4 heteroatoms. The fraction of sp³-hybridized carbons (Fsp3) is 0.333. The van der Waals surface area contributed by atoms with Gasteiger partial charge in [0.05, 0.1) is 24.7 Å². The lowest BCUT2D eigenvalue weighted by Crippen LogP contribution is -2.35. The molecule has 0 aliphatic rings. The summed E-state index contributed by atoms with van der Waals surface area (Å²) in [5, 5.41) is 20.0. The summed E-state index contributed by atoms with van der Waals surface area (Å²) < 4.78 is 0. The van der Waals surface area contributed by atoms with E-state index in [1.54, 1.807) is 31.2 Å². The molecule has 1 rings (SSSR count). The van der Waals surface area contributed by atoms with Gasteiger partial charge in [-0.3, -0.25) is 4.79 Å². The number of hydrogen-bond acceptors (Lipinski definition) is 3. The second-order valence-corrected chi connectivity index (χ2v) is 3.64. The van der Waals surface area contributed by atoms with E-state index in [9.17, 15) is 4.79 Å². The highest BCUT2D eigenvalue weighted by atomic mass is 16.3. The molecule has 0 unspecified atom stereocenters. The third kappa shape index (κ3) is 3.71. The fourth-order valence-electron chi connectivity index (χ4n) is 1.25. The molecule has 4 nitrogen and oxygen atoms in total. The van der Waals surface area contributed by atoms with Gasteiger partial charge >= 0.3 is 0 Å². The first-order valence-corrected chi connectivity index (χ1v) is 5.05. The van der Waals surface area contributed by atoms with Crippen molar-refractivity contribution in [2.45, 2.75) is 19.4 Å².